The van der Waals surface area contributed by atoms with Gasteiger partial charge in [0, 0.05) is 18.0 Å². The van der Waals surface area contributed by atoms with E-state index in [9.17, 15) is 4.79 Å². The van der Waals surface area contributed by atoms with Gasteiger partial charge in [-0.1, -0.05) is 20.8 Å². The van der Waals surface area contributed by atoms with Gasteiger partial charge in [0.2, 0.25) is 5.91 Å². The summed E-state index contributed by atoms with van der Waals surface area (Å²) < 4.78 is 0. The summed E-state index contributed by atoms with van der Waals surface area (Å²) >= 11 is 0. The average molecular weight is 221 g/mol. The first-order valence-electron chi connectivity index (χ1n) is 5.02. The maximum Gasteiger partial charge on any atom is 0.225 e. The molecule has 84 valence electrons. The summed E-state index contributed by atoms with van der Waals surface area (Å²) in [5.74, 6) is 0.154. The fourth-order valence-electron chi connectivity index (χ4n) is 1.38. The van der Waals surface area contributed by atoms with Gasteiger partial charge in [0.15, 0.2) is 0 Å². The van der Waals surface area contributed by atoms with Gasteiger partial charge in [-0.3, -0.25) is 4.79 Å². The molecule has 0 bridgehead atoms. The second kappa shape index (κ2) is 5.56. The SMILES string of the molecule is CC(C)(C)C(=O)NC1CCCNC1.Cl. The largest absolute Gasteiger partial charge is 0.352 e. The van der Waals surface area contributed by atoms with E-state index in [-0.39, 0.29) is 23.7 Å². The van der Waals surface area contributed by atoms with Gasteiger partial charge in [0.25, 0.3) is 0 Å². The Bertz CT molecular complexity index is 183. The zero-order valence-corrected chi connectivity index (χ0v) is 10.0. The van der Waals surface area contributed by atoms with Crippen molar-refractivity contribution in [2.75, 3.05) is 13.1 Å². The highest BCUT2D eigenvalue weighted by Gasteiger charge is 2.24. The van der Waals surface area contributed by atoms with Crippen LogP contribution in [0.25, 0.3) is 0 Å². The molecule has 0 aromatic carbocycles. The van der Waals surface area contributed by atoms with Crippen LogP contribution in [-0.4, -0.2) is 25.0 Å². The van der Waals surface area contributed by atoms with Crippen LogP contribution in [-0.2, 0) is 4.79 Å². The Hall–Kier alpha value is -0.280. The molecule has 0 aliphatic carbocycles. The van der Waals surface area contributed by atoms with Gasteiger partial charge in [-0.2, -0.15) is 0 Å². The molecule has 1 fully saturated rings. The van der Waals surface area contributed by atoms with Gasteiger partial charge in [0.1, 0.15) is 0 Å². The van der Waals surface area contributed by atoms with E-state index in [0.717, 1.165) is 25.9 Å². The predicted octanol–water partition coefficient (Wildman–Crippen LogP) is 1.32. The van der Waals surface area contributed by atoms with Gasteiger partial charge in [0.05, 0.1) is 0 Å². The Labute approximate surface area is 92.4 Å². The minimum Gasteiger partial charge on any atom is -0.352 e. The molecule has 0 aromatic heterocycles. The fourth-order valence-corrected chi connectivity index (χ4v) is 1.38. The van der Waals surface area contributed by atoms with Crippen molar-refractivity contribution in [3.63, 3.8) is 0 Å². The van der Waals surface area contributed by atoms with E-state index in [4.69, 9.17) is 0 Å². The van der Waals surface area contributed by atoms with E-state index >= 15 is 0 Å². The van der Waals surface area contributed by atoms with Gasteiger partial charge in [-0.05, 0) is 19.4 Å². The van der Waals surface area contributed by atoms with Crippen molar-refractivity contribution < 1.29 is 4.79 Å². The maximum absolute atomic E-state index is 11.6. The average Bonchev–Trinajstić information content (AvgIpc) is 2.04. The maximum atomic E-state index is 11.6. The van der Waals surface area contributed by atoms with Gasteiger partial charge < -0.3 is 10.6 Å². The van der Waals surface area contributed by atoms with Crippen LogP contribution in [0, 0.1) is 5.41 Å². The van der Waals surface area contributed by atoms with Crippen molar-refractivity contribution in [2.45, 2.75) is 39.7 Å². The second-order valence-electron chi connectivity index (χ2n) is 4.77. The Kier molecular flexibility index (Phi) is 5.45. The fraction of sp³-hybridized carbons (Fsp3) is 0.900. The molecule has 1 unspecified atom stereocenters. The molecule has 1 rings (SSSR count). The molecule has 1 aliphatic rings. The highest BCUT2D eigenvalue weighted by molar-refractivity contribution is 5.85. The molecule has 1 saturated heterocycles. The third kappa shape index (κ3) is 4.29. The monoisotopic (exact) mass is 220 g/mol. The first-order chi connectivity index (χ1) is 6.00. The van der Waals surface area contributed by atoms with E-state index in [1.165, 1.54) is 0 Å². The lowest BCUT2D eigenvalue weighted by atomic mass is 9.94. The Balaban J connectivity index is 0.00000169. The van der Waals surface area contributed by atoms with Crippen molar-refractivity contribution in [2.24, 2.45) is 5.41 Å². The normalized spacial score (nSPS) is 22.4. The predicted molar refractivity (Wildman–Crippen MR) is 60.7 cm³/mol. The zero-order chi connectivity index (χ0) is 9.90. The second-order valence-corrected chi connectivity index (χ2v) is 4.77. The van der Waals surface area contributed by atoms with Gasteiger partial charge in [-0.15, -0.1) is 12.4 Å². The summed E-state index contributed by atoms with van der Waals surface area (Å²) in [5, 5.41) is 6.33. The molecular weight excluding hydrogens is 200 g/mol. The molecule has 1 atom stereocenters. The Morgan fingerprint density at radius 1 is 1.43 bits per heavy atom. The highest BCUT2D eigenvalue weighted by Crippen LogP contribution is 2.13. The van der Waals surface area contributed by atoms with E-state index in [0.29, 0.717) is 6.04 Å². The van der Waals surface area contributed by atoms with Crippen molar-refractivity contribution >= 4 is 18.3 Å². The third-order valence-corrected chi connectivity index (χ3v) is 2.31. The first-order valence-corrected chi connectivity index (χ1v) is 5.02. The van der Waals surface area contributed by atoms with Gasteiger partial charge >= 0.3 is 0 Å². The molecule has 1 heterocycles. The molecular formula is C10H21ClN2O. The van der Waals surface area contributed by atoms with Crippen molar-refractivity contribution in [3.8, 4) is 0 Å². The van der Waals surface area contributed by atoms with Crippen molar-refractivity contribution in [3.05, 3.63) is 0 Å². The number of halogens is 1. The minimum absolute atomic E-state index is 0. The lowest BCUT2D eigenvalue weighted by Gasteiger charge is -2.27. The van der Waals surface area contributed by atoms with Crippen LogP contribution in [0.3, 0.4) is 0 Å². The molecule has 1 aliphatic heterocycles. The molecule has 1 amide bonds. The number of amides is 1. The topological polar surface area (TPSA) is 41.1 Å². The van der Waals surface area contributed by atoms with E-state index in [2.05, 4.69) is 10.6 Å². The summed E-state index contributed by atoms with van der Waals surface area (Å²) in [6, 6.07) is 0.334. The molecule has 0 spiro atoms. The van der Waals surface area contributed by atoms with Crippen molar-refractivity contribution in [1.29, 1.82) is 0 Å². The molecule has 3 nitrogen and oxygen atoms in total. The van der Waals surface area contributed by atoms with Gasteiger partial charge in [-0.25, -0.2) is 0 Å². The number of hydrogen-bond donors (Lipinski definition) is 2. The smallest absolute Gasteiger partial charge is 0.225 e. The van der Waals surface area contributed by atoms with Crippen LogP contribution in [0.2, 0.25) is 0 Å². The molecule has 2 N–H and O–H groups in total. The lowest BCUT2D eigenvalue weighted by molar-refractivity contribution is -0.129. The highest BCUT2D eigenvalue weighted by atomic mass is 35.5. The summed E-state index contributed by atoms with van der Waals surface area (Å²) in [6.07, 6.45) is 2.27. The first kappa shape index (κ1) is 13.7. The molecule has 0 radical (unpaired) electrons. The van der Waals surface area contributed by atoms with Crippen LogP contribution in [0.1, 0.15) is 33.6 Å². The summed E-state index contributed by atoms with van der Waals surface area (Å²) in [6.45, 7) is 7.83. The van der Waals surface area contributed by atoms with E-state index in [1.807, 2.05) is 20.8 Å². The lowest BCUT2D eigenvalue weighted by Crippen LogP contribution is -2.48. The van der Waals surface area contributed by atoms with Crippen LogP contribution >= 0.6 is 12.4 Å². The Morgan fingerprint density at radius 3 is 2.50 bits per heavy atom. The molecule has 0 aromatic rings. The van der Waals surface area contributed by atoms with Crippen LogP contribution in [0.5, 0.6) is 0 Å². The third-order valence-electron chi connectivity index (χ3n) is 2.31. The van der Waals surface area contributed by atoms with E-state index < -0.39 is 0 Å². The van der Waals surface area contributed by atoms with Crippen LogP contribution < -0.4 is 10.6 Å². The quantitative estimate of drug-likeness (QED) is 0.700. The Morgan fingerprint density at radius 2 is 2.07 bits per heavy atom. The minimum atomic E-state index is -0.266. The van der Waals surface area contributed by atoms with Crippen molar-refractivity contribution in [1.82, 2.24) is 10.6 Å². The number of rotatable bonds is 1. The molecule has 0 saturated carbocycles. The number of nitrogens with one attached hydrogen (secondary N) is 2. The number of piperidine rings is 1. The summed E-state index contributed by atoms with van der Waals surface area (Å²) in [4.78, 5) is 11.6. The summed E-state index contributed by atoms with van der Waals surface area (Å²) in [5.41, 5.74) is -0.266. The standard InChI is InChI=1S/C10H20N2O.ClH/c1-10(2,3)9(13)12-8-5-4-6-11-7-8;/h8,11H,4-7H2,1-3H3,(H,12,13);1H. The number of carbonyl (C=O) groups excluding carboxylic acids is 1. The van der Waals surface area contributed by atoms with Crippen LogP contribution in [0.4, 0.5) is 0 Å². The molecule has 14 heavy (non-hydrogen) atoms. The van der Waals surface area contributed by atoms with Crippen LogP contribution in [0.15, 0.2) is 0 Å². The van der Waals surface area contributed by atoms with E-state index in [1.54, 1.807) is 0 Å². The zero-order valence-electron chi connectivity index (χ0n) is 9.22. The number of carbonyl (C=O) groups is 1. The molecule has 4 heteroatoms. The number of hydrogen-bond acceptors (Lipinski definition) is 2. The summed E-state index contributed by atoms with van der Waals surface area (Å²) in [7, 11) is 0.